The molecule has 11 heavy (non-hydrogen) atoms. The molecule has 1 N–H and O–H groups in total. The third-order valence-electron chi connectivity index (χ3n) is 2.31. The lowest BCUT2D eigenvalue weighted by Crippen LogP contribution is -2.31. The van der Waals surface area contributed by atoms with Crippen molar-refractivity contribution in [3.05, 3.63) is 0 Å². The Bertz CT molecular complexity index is 97.7. The van der Waals surface area contributed by atoms with Crippen LogP contribution in [-0.2, 0) is 0 Å². The molecule has 1 aliphatic rings. The van der Waals surface area contributed by atoms with Gasteiger partial charge >= 0.3 is 0 Å². The molecule has 2 heteroatoms. The molecule has 1 fully saturated rings. The van der Waals surface area contributed by atoms with Gasteiger partial charge in [0.2, 0.25) is 0 Å². The fraction of sp³-hybridized carbons (Fsp3) is 1.00. The summed E-state index contributed by atoms with van der Waals surface area (Å²) < 4.78 is 0. The van der Waals surface area contributed by atoms with E-state index in [1.807, 2.05) is 6.92 Å². The van der Waals surface area contributed by atoms with Crippen molar-refractivity contribution < 1.29 is 5.11 Å². The van der Waals surface area contributed by atoms with Crippen molar-refractivity contribution in [2.45, 2.75) is 38.7 Å². The second-order valence-corrected chi connectivity index (χ2v) is 3.54. The number of rotatable bonds is 3. The predicted molar refractivity (Wildman–Crippen MR) is 46.6 cm³/mol. The molecule has 1 aliphatic heterocycles. The van der Waals surface area contributed by atoms with Gasteiger partial charge in [0.1, 0.15) is 0 Å². The molecular formula is C9H19NO. The van der Waals surface area contributed by atoms with Crippen molar-refractivity contribution in [3.8, 4) is 0 Å². The maximum atomic E-state index is 9.06. The molecule has 0 aliphatic carbocycles. The zero-order valence-corrected chi connectivity index (χ0v) is 7.42. The van der Waals surface area contributed by atoms with Crippen LogP contribution in [0.1, 0.15) is 32.6 Å². The first-order valence-electron chi connectivity index (χ1n) is 4.69. The van der Waals surface area contributed by atoms with E-state index in [4.69, 9.17) is 5.11 Å². The lowest BCUT2D eigenvalue weighted by atomic mass is 10.1. The first-order chi connectivity index (χ1) is 5.29. The Morgan fingerprint density at radius 2 is 1.91 bits per heavy atom. The van der Waals surface area contributed by atoms with E-state index in [0.29, 0.717) is 0 Å². The van der Waals surface area contributed by atoms with Crippen LogP contribution in [0.25, 0.3) is 0 Å². The number of nitrogens with zero attached hydrogens (tertiary/aromatic N) is 1. The van der Waals surface area contributed by atoms with Crippen LogP contribution in [0.15, 0.2) is 0 Å². The van der Waals surface area contributed by atoms with Gasteiger partial charge in [-0.1, -0.05) is 6.42 Å². The Morgan fingerprint density at radius 3 is 2.45 bits per heavy atom. The summed E-state index contributed by atoms with van der Waals surface area (Å²) in [6.45, 7) is 5.43. The third-order valence-corrected chi connectivity index (χ3v) is 2.31. The molecule has 0 spiro atoms. The van der Waals surface area contributed by atoms with Crippen LogP contribution in [0.3, 0.4) is 0 Å². The summed E-state index contributed by atoms with van der Waals surface area (Å²) in [7, 11) is 0. The van der Waals surface area contributed by atoms with E-state index in [0.717, 1.165) is 13.0 Å². The predicted octanol–water partition coefficient (Wildman–Crippen LogP) is 1.24. The fourth-order valence-electron chi connectivity index (χ4n) is 1.55. The van der Waals surface area contributed by atoms with Crippen LogP contribution in [-0.4, -0.2) is 35.7 Å². The normalized spacial score (nSPS) is 23.5. The quantitative estimate of drug-likeness (QED) is 0.666. The average molecular weight is 157 g/mol. The number of piperidine rings is 1. The summed E-state index contributed by atoms with van der Waals surface area (Å²) in [5, 5.41) is 9.06. The minimum absolute atomic E-state index is 0.128. The Labute approximate surface area is 69.2 Å². The van der Waals surface area contributed by atoms with Gasteiger partial charge in [0.25, 0.3) is 0 Å². The molecule has 1 saturated heterocycles. The molecule has 2 nitrogen and oxygen atoms in total. The zero-order chi connectivity index (χ0) is 8.10. The fourth-order valence-corrected chi connectivity index (χ4v) is 1.55. The van der Waals surface area contributed by atoms with Gasteiger partial charge in [-0.15, -0.1) is 0 Å². The Balaban J connectivity index is 2.05. The van der Waals surface area contributed by atoms with E-state index in [1.165, 1.54) is 32.4 Å². The van der Waals surface area contributed by atoms with Crippen LogP contribution in [0, 0.1) is 0 Å². The maximum Gasteiger partial charge on any atom is 0.0524 e. The van der Waals surface area contributed by atoms with E-state index in [-0.39, 0.29) is 6.10 Å². The number of aliphatic hydroxyl groups excluding tert-OH is 1. The van der Waals surface area contributed by atoms with Crippen molar-refractivity contribution >= 4 is 0 Å². The second-order valence-electron chi connectivity index (χ2n) is 3.54. The van der Waals surface area contributed by atoms with E-state index >= 15 is 0 Å². The SMILES string of the molecule is C[C@H](O)CCN1CCCCC1. The Kier molecular flexibility index (Phi) is 3.87. The van der Waals surface area contributed by atoms with Gasteiger partial charge in [-0.3, -0.25) is 0 Å². The van der Waals surface area contributed by atoms with E-state index in [9.17, 15) is 0 Å². The molecule has 1 rings (SSSR count). The molecular weight excluding hydrogens is 138 g/mol. The standard InChI is InChI=1S/C9H19NO/c1-9(11)5-8-10-6-3-2-4-7-10/h9,11H,2-8H2,1H3/t9-/m0/s1. The van der Waals surface area contributed by atoms with Gasteiger partial charge in [0.15, 0.2) is 0 Å². The molecule has 1 heterocycles. The van der Waals surface area contributed by atoms with E-state index in [1.54, 1.807) is 0 Å². The summed E-state index contributed by atoms with van der Waals surface area (Å²) in [4.78, 5) is 2.45. The van der Waals surface area contributed by atoms with Gasteiger partial charge < -0.3 is 10.0 Å². The van der Waals surface area contributed by atoms with Crippen LogP contribution in [0.2, 0.25) is 0 Å². The summed E-state index contributed by atoms with van der Waals surface area (Å²) in [6, 6.07) is 0. The van der Waals surface area contributed by atoms with Gasteiger partial charge in [0.05, 0.1) is 6.10 Å². The molecule has 0 amide bonds. The van der Waals surface area contributed by atoms with Crippen LogP contribution < -0.4 is 0 Å². The smallest absolute Gasteiger partial charge is 0.0524 e. The van der Waals surface area contributed by atoms with Gasteiger partial charge in [-0.25, -0.2) is 0 Å². The number of aliphatic hydroxyl groups is 1. The van der Waals surface area contributed by atoms with E-state index < -0.39 is 0 Å². The van der Waals surface area contributed by atoms with Crippen molar-refractivity contribution in [1.82, 2.24) is 4.90 Å². The number of likely N-dealkylation sites (tertiary alicyclic amines) is 1. The van der Waals surface area contributed by atoms with Crippen LogP contribution in [0.4, 0.5) is 0 Å². The van der Waals surface area contributed by atoms with Gasteiger partial charge in [-0.05, 0) is 39.3 Å². The molecule has 0 saturated carbocycles. The highest BCUT2D eigenvalue weighted by Crippen LogP contribution is 2.09. The minimum atomic E-state index is -0.128. The average Bonchev–Trinajstić information content (AvgIpc) is 2.03. The summed E-state index contributed by atoms with van der Waals surface area (Å²) >= 11 is 0. The topological polar surface area (TPSA) is 23.5 Å². The molecule has 0 bridgehead atoms. The van der Waals surface area contributed by atoms with Crippen molar-refractivity contribution in [1.29, 1.82) is 0 Å². The Morgan fingerprint density at radius 1 is 1.27 bits per heavy atom. The molecule has 0 radical (unpaired) electrons. The second kappa shape index (κ2) is 4.73. The first kappa shape index (κ1) is 9.01. The summed E-state index contributed by atoms with van der Waals surface area (Å²) in [5.74, 6) is 0. The highest BCUT2D eigenvalue weighted by Gasteiger charge is 2.09. The summed E-state index contributed by atoms with van der Waals surface area (Å²) in [6.07, 6.45) is 4.89. The molecule has 1 atom stereocenters. The monoisotopic (exact) mass is 157 g/mol. The number of hydrogen-bond acceptors (Lipinski definition) is 2. The minimum Gasteiger partial charge on any atom is -0.393 e. The lowest BCUT2D eigenvalue weighted by Gasteiger charge is -2.26. The maximum absolute atomic E-state index is 9.06. The van der Waals surface area contributed by atoms with Crippen molar-refractivity contribution in [3.63, 3.8) is 0 Å². The van der Waals surface area contributed by atoms with Crippen molar-refractivity contribution in [2.24, 2.45) is 0 Å². The molecule has 0 aromatic heterocycles. The highest BCUT2D eigenvalue weighted by atomic mass is 16.3. The van der Waals surface area contributed by atoms with Crippen molar-refractivity contribution in [2.75, 3.05) is 19.6 Å². The van der Waals surface area contributed by atoms with Gasteiger partial charge in [0, 0.05) is 6.54 Å². The van der Waals surface area contributed by atoms with Crippen LogP contribution in [0.5, 0.6) is 0 Å². The Hall–Kier alpha value is -0.0800. The largest absolute Gasteiger partial charge is 0.393 e. The first-order valence-corrected chi connectivity index (χ1v) is 4.69. The molecule has 0 aromatic rings. The highest BCUT2D eigenvalue weighted by molar-refractivity contribution is 4.65. The molecule has 0 unspecified atom stereocenters. The number of hydrogen-bond donors (Lipinski definition) is 1. The van der Waals surface area contributed by atoms with Crippen LogP contribution >= 0.6 is 0 Å². The lowest BCUT2D eigenvalue weighted by molar-refractivity contribution is 0.146. The molecule has 66 valence electrons. The summed E-state index contributed by atoms with van der Waals surface area (Å²) in [5.41, 5.74) is 0. The van der Waals surface area contributed by atoms with Gasteiger partial charge in [-0.2, -0.15) is 0 Å². The van der Waals surface area contributed by atoms with E-state index in [2.05, 4.69) is 4.90 Å². The zero-order valence-electron chi connectivity index (χ0n) is 7.42. The molecule has 0 aromatic carbocycles. The third kappa shape index (κ3) is 3.73.